The largest absolute Gasteiger partial charge is 0.457 e. The molecule has 15 nitrogen and oxygen atoms in total. The number of ether oxygens (including phenoxy) is 2. The molecule has 0 aliphatic carbocycles. The van der Waals surface area contributed by atoms with Gasteiger partial charge in [-0.3, -0.25) is 24.3 Å². The minimum absolute atomic E-state index is 0.0317. The molecule has 1 atom stereocenters. The van der Waals surface area contributed by atoms with Crippen molar-refractivity contribution < 1.29 is 41.8 Å². The lowest BCUT2D eigenvalue weighted by atomic mass is 9.78. The Morgan fingerprint density at radius 2 is 1.55 bits per heavy atom. The maximum absolute atomic E-state index is 14.2. The molecule has 3 aromatic rings. The van der Waals surface area contributed by atoms with E-state index in [9.17, 15) is 37.1 Å². The van der Waals surface area contributed by atoms with Crippen LogP contribution in [-0.4, -0.2) is 137 Å². The van der Waals surface area contributed by atoms with Crippen LogP contribution in [-0.2, 0) is 36.5 Å². The predicted molar refractivity (Wildman–Crippen MR) is 216 cm³/mol. The lowest BCUT2D eigenvalue weighted by Gasteiger charge is -2.40. The van der Waals surface area contributed by atoms with Crippen LogP contribution in [0.3, 0.4) is 0 Å². The number of nitrogen functional groups attached to an aromatic ring is 1. The summed E-state index contributed by atoms with van der Waals surface area (Å²) in [7, 11) is 3.53. The highest BCUT2D eigenvalue weighted by Crippen LogP contribution is 2.39. The molecule has 0 spiro atoms. The number of carbonyl (C=O) groups is 4. The second-order valence-electron chi connectivity index (χ2n) is 16.1. The van der Waals surface area contributed by atoms with E-state index in [1.54, 1.807) is 23.9 Å². The first-order chi connectivity index (χ1) is 28.5. The number of esters is 1. The van der Waals surface area contributed by atoms with Crippen molar-refractivity contribution in [2.45, 2.75) is 63.3 Å². The van der Waals surface area contributed by atoms with Gasteiger partial charge in [0, 0.05) is 38.2 Å². The lowest BCUT2D eigenvalue weighted by Crippen LogP contribution is -2.49. The molecule has 4 heterocycles. The molecule has 0 unspecified atom stereocenters. The van der Waals surface area contributed by atoms with Gasteiger partial charge in [0.25, 0.3) is 5.91 Å². The molecule has 3 N–H and O–H groups in total. The number of nitrogens with one attached hydrogen (secondary N) is 1. The third kappa shape index (κ3) is 11.5. The summed E-state index contributed by atoms with van der Waals surface area (Å²) in [5, 5.41) is 4.15. The van der Waals surface area contributed by atoms with Gasteiger partial charge in [0.1, 0.15) is 0 Å². The van der Waals surface area contributed by atoms with E-state index in [4.69, 9.17) is 26.8 Å². The second kappa shape index (κ2) is 19.6. The van der Waals surface area contributed by atoms with Gasteiger partial charge < -0.3 is 29.9 Å². The third-order valence-corrected chi connectivity index (χ3v) is 11.9. The van der Waals surface area contributed by atoms with Crippen molar-refractivity contribution in [1.29, 1.82) is 0 Å². The summed E-state index contributed by atoms with van der Waals surface area (Å²) in [6, 6.07) is 11.0. The van der Waals surface area contributed by atoms with Crippen LogP contribution in [0.2, 0.25) is 5.02 Å². The van der Waals surface area contributed by atoms with Gasteiger partial charge in [-0.1, -0.05) is 41.9 Å². The first-order valence-corrected chi connectivity index (χ1v) is 20.6. The average Bonchev–Trinajstić information content (AvgIpc) is 3.62. The number of likely N-dealkylation sites (N-methyl/N-ethyl adjacent to an activating group) is 1. The van der Waals surface area contributed by atoms with E-state index >= 15 is 0 Å². The number of ketones is 1. The van der Waals surface area contributed by atoms with E-state index < -0.39 is 41.5 Å². The maximum Gasteiger partial charge on any atom is 0.418 e. The van der Waals surface area contributed by atoms with Crippen molar-refractivity contribution in [1.82, 2.24) is 34.4 Å². The molecule has 0 bridgehead atoms. The highest BCUT2D eigenvalue weighted by molar-refractivity contribution is 6.33. The summed E-state index contributed by atoms with van der Waals surface area (Å²) >= 11 is 6.13. The molecule has 3 fully saturated rings. The SMILES string of the molecule is CN(C)CC(=O)COC(=O)CN1CCC(C2CCN(C(=O)[C@@H](Cc3cc(Cl)c(N)c(C(F)(F)F)c3)OC(=O)N3CCC(n4nc(-c5ccccc5)[nH]c4=O)CC3)CC2)CC1. The molecular weight excluding hydrogens is 809 g/mol. The fraction of sp³-hybridized carbons (Fsp3) is 0.561. The number of benzene rings is 2. The van der Waals surface area contributed by atoms with Gasteiger partial charge in [-0.15, -0.1) is 5.10 Å². The zero-order chi connectivity index (χ0) is 43.1. The number of nitrogens with two attached hydrogens (primary N) is 1. The molecule has 2 amide bonds. The fourth-order valence-electron chi connectivity index (χ4n) is 8.38. The minimum atomic E-state index is -4.81. The number of aromatic nitrogens is 3. The van der Waals surface area contributed by atoms with Gasteiger partial charge >= 0.3 is 23.9 Å². The van der Waals surface area contributed by atoms with Crippen molar-refractivity contribution >= 4 is 41.0 Å². The summed E-state index contributed by atoms with van der Waals surface area (Å²) in [6.45, 7) is 2.57. The fourth-order valence-corrected chi connectivity index (χ4v) is 8.63. The normalized spacial score (nSPS) is 18.1. The molecule has 1 aromatic heterocycles. The number of hydrogen-bond donors (Lipinski definition) is 2. The third-order valence-electron chi connectivity index (χ3n) is 11.6. The number of alkyl halides is 3. The Morgan fingerprint density at radius 1 is 0.933 bits per heavy atom. The van der Waals surface area contributed by atoms with E-state index in [2.05, 4.69) is 10.1 Å². The second-order valence-corrected chi connectivity index (χ2v) is 16.5. The van der Waals surface area contributed by atoms with Gasteiger partial charge in [-0.2, -0.15) is 13.2 Å². The highest BCUT2D eigenvalue weighted by atomic mass is 35.5. The van der Waals surface area contributed by atoms with Crippen LogP contribution in [0.1, 0.15) is 55.7 Å². The Morgan fingerprint density at radius 3 is 2.17 bits per heavy atom. The lowest BCUT2D eigenvalue weighted by molar-refractivity contribution is -0.149. The van der Waals surface area contributed by atoms with E-state index in [0.717, 1.165) is 24.5 Å². The number of aromatic amines is 1. The van der Waals surface area contributed by atoms with Crippen molar-refractivity contribution in [3.05, 3.63) is 69.1 Å². The predicted octanol–water partition coefficient (Wildman–Crippen LogP) is 4.50. The van der Waals surface area contributed by atoms with Crippen molar-refractivity contribution in [2.75, 3.05) is 78.8 Å². The molecule has 0 radical (unpaired) electrons. The van der Waals surface area contributed by atoms with Crippen LogP contribution >= 0.6 is 11.6 Å². The number of Topliss-reactive ketones (excluding diaryl/α,β-unsaturated/α-hetero) is 1. The first kappa shape index (κ1) is 44.6. The van der Waals surface area contributed by atoms with E-state index in [-0.39, 0.29) is 67.3 Å². The van der Waals surface area contributed by atoms with Crippen LogP contribution in [0.25, 0.3) is 11.4 Å². The van der Waals surface area contributed by atoms with Gasteiger partial charge in [-0.25, -0.2) is 14.3 Å². The topological polar surface area (TPSA) is 176 Å². The molecule has 3 aliphatic rings. The zero-order valence-electron chi connectivity index (χ0n) is 33.8. The number of amides is 2. The number of hydrogen-bond acceptors (Lipinski definition) is 11. The molecule has 3 saturated heterocycles. The molecule has 19 heteroatoms. The minimum Gasteiger partial charge on any atom is -0.457 e. The number of piperidine rings is 3. The smallest absolute Gasteiger partial charge is 0.418 e. The molecule has 3 aliphatic heterocycles. The highest BCUT2D eigenvalue weighted by Gasteiger charge is 2.38. The average molecular weight is 861 g/mol. The summed E-state index contributed by atoms with van der Waals surface area (Å²) in [4.78, 5) is 74.4. The van der Waals surface area contributed by atoms with E-state index in [0.29, 0.717) is 69.5 Å². The molecular formula is C41H52ClF3N8O7. The number of anilines is 1. The number of nitrogens with zero attached hydrogens (tertiary/aromatic N) is 6. The monoisotopic (exact) mass is 860 g/mol. The number of rotatable bonds is 13. The van der Waals surface area contributed by atoms with Crippen molar-refractivity contribution in [3.8, 4) is 11.4 Å². The molecule has 326 valence electrons. The zero-order valence-corrected chi connectivity index (χ0v) is 34.6. The molecule has 60 heavy (non-hydrogen) atoms. The van der Waals surface area contributed by atoms with Crippen LogP contribution in [0, 0.1) is 11.8 Å². The van der Waals surface area contributed by atoms with Crippen molar-refractivity contribution in [3.63, 3.8) is 0 Å². The quantitative estimate of drug-likeness (QED) is 0.183. The van der Waals surface area contributed by atoms with E-state index in [1.165, 1.54) is 15.6 Å². The standard InChI is InChI=1S/C41H52ClF3N8O7/c1-49(2)23-31(54)25-59-35(55)24-50-14-8-27(9-15-50)28-10-16-51(17-11-28)38(56)34(22-26-20-32(41(43,44)45)36(46)33(42)21-26)60-40(58)52-18-12-30(13-19-52)53-39(57)47-37(48-53)29-6-4-3-5-7-29/h3-7,20-21,27-28,30,34H,8-19,22-25,46H2,1-2H3,(H,47,48,57)/t34-/m1/s1. The molecule has 6 rings (SSSR count). The Labute approximate surface area is 350 Å². The maximum atomic E-state index is 14.2. The van der Waals surface area contributed by atoms with Gasteiger partial charge in [0.2, 0.25) is 0 Å². The summed E-state index contributed by atoms with van der Waals surface area (Å²) < 4.78 is 54.1. The van der Waals surface area contributed by atoms with E-state index in [1.807, 2.05) is 35.2 Å². The summed E-state index contributed by atoms with van der Waals surface area (Å²) in [5.74, 6) is -0.0289. The van der Waals surface area contributed by atoms with Gasteiger partial charge in [0.15, 0.2) is 24.3 Å². The van der Waals surface area contributed by atoms with Crippen LogP contribution in [0.4, 0.5) is 23.7 Å². The van der Waals surface area contributed by atoms with Crippen LogP contribution < -0.4 is 11.4 Å². The summed E-state index contributed by atoms with van der Waals surface area (Å²) in [5.41, 5.74) is 4.30. The Balaban J connectivity index is 1.06. The molecule has 2 aromatic carbocycles. The number of H-pyrrole nitrogens is 1. The van der Waals surface area contributed by atoms with Gasteiger partial charge in [0.05, 0.1) is 35.4 Å². The van der Waals surface area contributed by atoms with Gasteiger partial charge in [-0.05, 0) is 95.2 Å². The van der Waals surface area contributed by atoms with Crippen LogP contribution in [0.5, 0.6) is 0 Å². The first-order valence-electron chi connectivity index (χ1n) is 20.2. The number of likely N-dealkylation sites (tertiary alicyclic amines) is 3. The molecule has 0 saturated carbocycles. The Kier molecular flexibility index (Phi) is 14.6. The van der Waals surface area contributed by atoms with Crippen LogP contribution in [0.15, 0.2) is 47.3 Å². The Hall–Kier alpha value is -4.94. The summed E-state index contributed by atoms with van der Waals surface area (Å²) in [6.07, 6.45) is -3.58. The van der Waals surface area contributed by atoms with Crippen molar-refractivity contribution in [2.24, 2.45) is 11.8 Å². The Bertz CT molecular complexity index is 2040. The number of carbonyl (C=O) groups excluding carboxylic acids is 4. The number of halogens is 4.